The van der Waals surface area contributed by atoms with Gasteiger partial charge >= 0.3 is 0 Å². The van der Waals surface area contributed by atoms with Gasteiger partial charge in [0.1, 0.15) is 0 Å². The van der Waals surface area contributed by atoms with Crippen molar-refractivity contribution in [2.24, 2.45) is 0 Å². The molecule has 0 amide bonds. The first-order valence-corrected chi connectivity index (χ1v) is 6.52. The van der Waals surface area contributed by atoms with Gasteiger partial charge in [-0.3, -0.25) is 4.79 Å². The first-order valence-electron chi connectivity index (χ1n) is 4.82. The molecule has 0 saturated carbocycles. The van der Waals surface area contributed by atoms with E-state index in [1.54, 1.807) is 22.7 Å². The van der Waals surface area contributed by atoms with Crippen LogP contribution in [0.3, 0.4) is 0 Å². The van der Waals surface area contributed by atoms with Crippen LogP contribution in [0.1, 0.15) is 34.6 Å². The monoisotopic (exact) mass is 234 g/mol. The molecule has 0 N–H and O–H groups in total. The lowest BCUT2D eigenvalue weighted by atomic mass is 9.84. The van der Waals surface area contributed by atoms with Crippen molar-refractivity contribution in [1.82, 2.24) is 0 Å². The van der Waals surface area contributed by atoms with E-state index in [0.717, 1.165) is 11.2 Å². The number of rotatable bonds is 1. The van der Waals surface area contributed by atoms with Crippen LogP contribution in [0.5, 0.6) is 0 Å². The molecule has 76 valence electrons. The summed E-state index contributed by atoms with van der Waals surface area (Å²) in [6.45, 7) is 4.46. The van der Waals surface area contributed by atoms with E-state index in [2.05, 4.69) is 25.3 Å². The summed E-state index contributed by atoms with van der Waals surface area (Å²) in [5, 5.41) is 2.13. The van der Waals surface area contributed by atoms with Gasteiger partial charge in [-0.05, 0) is 28.6 Å². The van der Waals surface area contributed by atoms with Gasteiger partial charge in [0, 0.05) is 15.2 Å². The molecule has 0 fully saturated rings. The molecule has 0 bridgehead atoms. The quantitative estimate of drug-likeness (QED) is 0.683. The summed E-state index contributed by atoms with van der Waals surface area (Å²) in [6.07, 6.45) is 0.951. The Bertz CT molecular complexity index is 546. The molecular formula is C12H10OS2. The maximum absolute atomic E-state index is 10.8. The second-order valence-electron chi connectivity index (χ2n) is 4.30. The topological polar surface area (TPSA) is 17.1 Å². The third kappa shape index (κ3) is 1.05. The van der Waals surface area contributed by atoms with Gasteiger partial charge < -0.3 is 0 Å². The van der Waals surface area contributed by atoms with Crippen LogP contribution in [0, 0.1) is 0 Å². The summed E-state index contributed by atoms with van der Waals surface area (Å²) in [5.41, 5.74) is 2.80. The fourth-order valence-electron chi connectivity index (χ4n) is 2.22. The molecule has 1 nitrogen and oxygen atoms in total. The van der Waals surface area contributed by atoms with E-state index in [1.165, 1.54) is 20.9 Å². The highest BCUT2D eigenvalue weighted by molar-refractivity contribution is 7.22. The Balaban J connectivity index is 2.35. The van der Waals surface area contributed by atoms with Crippen molar-refractivity contribution in [2.75, 3.05) is 0 Å². The van der Waals surface area contributed by atoms with Crippen molar-refractivity contribution < 1.29 is 4.79 Å². The summed E-state index contributed by atoms with van der Waals surface area (Å²) in [6, 6.07) is 4.24. The molecular weight excluding hydrogens is 224 g/mol. The average Bonchev–Trinajstić information content (AvgIpc) is 2.86. The lowest BCUT2D eigenvalue weighted by Gasteiger charge is -2.18. The zero-order chi connectivity index (χ0) is 10.6. The number of aldehydes is 1. The van der Waals surface area contributed by atoms with Crippen LogP contribution in [-0.2, 0) is 5.41 Å². The van der Waals surface area contributed by atoms with Crippen LogP contribution in [0.15, 0.2) is 17.5 Å². The number of thiophene rings is 2. The van der Waals surface area contributed by atoms with Crippen LogP contribution in [0.25, 0.3) is 9.75 Å². The van der Waals surface area contributed by atoms with Crippen molar-refractivity contribution in [2.45, 2.75) is 19.3 Å². The predicted molar refractivity (Wildman–Crippen MR) is 65.1 cm³/mol. The fraction of sp³-hybridized carbons (Fsp3) is 0.250. The van der Waals surface area contributed by atoms with Gasteiger partial charge in [-0.25, -0.2) is 0 Å². The number of carbonyl (C=O) groups excluding carboxylic acids is 1. The Morgan fingerprint density at radius 2 is 2.07 bits per heavy atom. The van der Waals surface area contributed by atoms with Gasteiger partial charge in [0.05, 0.1) is 4.88 Å². The summed E-state index contributed by atoms with van der Waals surface area (Å²) >= 11 is 3.39. The van der Waals surface area contributed by atoms with E-state index in [4.69, 9.17) is 0 Å². The molecule has 2 aromatic heterocycles. The molecule has 0 atom stereocenters. The maximum atomic E-state index is 10.8. The van der Waals surface area contributed by atoms with E-state index >= 15 is 0 Å². The summed E-state index contributed by atoms with van der Waals surface area (Å²) in [5.74, 6) is 0. The molecule has 0 radical (unpaired) electrons. The fourth-order valence-corrected chi connectivity index (χ4v) is 4.59. The second-order valence-corrected chi connectivity index (χ2v) is 6.30. The predicted octanol–water partition coefficient (Wildman–Crippen LogP) is 3.93. The number of hydrogen-bond acceptors (Lipinski definition) is 3. The molecule has 0 aliphatic heterocycles. The lowest BCUT2D eigenvalue weighted by molar-refractivity contribution is 0.112. The normalized spacial score (nSPS) is 16.1. The van der Waals surface area contributed by atoms with Crippen molar-refractivity contribution in [3.05, 3.63) is 33.5 Å². The highest BCUT2D eigenvalue weighted by Crippen LogP contribution is 2.54. The standard InChI is InChI=1S/C12H10OS2/c1-12(2)8-3-4-14-10(8)11-9(12)5-7(6-13)15-11/h3-6H,1-2H3. The molecule has 3 heteroatoms. The van der Waals surface area contributed by atoms with Crippen LogP contribution >= 0.6 is 22.7 Å². The Kier molecular flexibility index (Phi) is 1.74. The number of fused-ring (bicyclic) bond motifs is 3. The SMILES string of the molecule is CC1(C)c2ccsc2-c2sc(C=O)cc21. The van der Waals surface area contributed by atoms with Gasteiger partial charge in [0.25, 0.3) is 0 Å². The molecule has 3 rings (SSSR count). The first kappa shape index (κ1) is 9.31. The van der Waals surface area contributed by atoms with Gasteiger partial charge in [0.2, 0.25) is 0 Å². The van der Waals surface area contributed by atoms with E-state index in [0.29, 0.717) is 0 Å². The van der Waals surface area contributed by atoms with Gasteiger partial charge in [0.15, 0.2) is 6.29 Å². The Hall–Kier alpha value is -0.930. The summed E-state index contributed by atoms with van der Waals surface area (Å²) in [7, 11) is 0. The largest absolute Gasteiger partial charge is 0.297 e. The van der Waals surface area contributed by atoms with Crippen molar-refractivity contribution in [3.63, 3.8) is 0 Å². The highest BCUT2D eigenvalue weighted by Gasteiger charge is 2.38. The third-order valence-electron chi connectivity index (χ3n) is 3.09. The molecule has 1 aliphatic rings. The van der Waals surface area contributed by atoms with Gasteiger partial charge in [-0.15, -0.1) is 22.7 Å². The van der Waals surface area contributed by atoms with Crippen molar-refractivity contribution in [3.8, 4) is 9.75 Å². The van der Waals surface area contributed by atoms with E-state index < -0.39 is 0 Å². The zero-order valence-corrected chi connectivity index (χ0v) is 10.2. The zero-order valence-electron chi connectivity index (χ0n) is 8.53. The molecule has 0 saturated heterocycles. The molecule has 2 heterocycles. The molecule has 15 heavy (non-hydrogen) atoms. The van der Waals surface area contributed by atoms with E-state index in [1.807, 2.05) is 6.07 Å². The van der Waals surface area contributed by atoms with Crippen LogP contribution in [0.2, 0.25) is 0 Å². The Morgan fingerprint density at radius 1 is 1.27 bits per heavy atom. The van der Waals surface area contributed by atoms with E-state index in [-0.39, 0.29) is 5.41 Å². The average molecular weight is 234 g/mol. The lowest BCUT2D eigenvalue weighted by Crippen LogP contribution is -2.13. The molecule has 1 aliphatic carbocycles. The first-order chi connectivity index (χ1) is 7.14. The van der Waals surface area contributed by atoms with Crippen LogP contribution < -0.4 is 0 Å². The van der Waals surface area contributed by atoms with Crippen LogP contribution in [0.4, 0.5) is 0 Å². The summed E-state index contributed by atoms with van der Waals surface area (Å²) in [4.78, 5) is 14.3. The molecule has 0 spiro atoms. The smallest absolute Gasteiger partial charge is 0.160 e. The number of carbonyl (C=O) groups is 1. The maximum Gasteiger partial charge on any atom is 0.160 e. The van der Waals surface area contributed by atoms with Crippen molar-refractivity contribution >= 4 is 29.0 Å². The number of hydrogen-bond donors (Lipinski definition) is 0. The van der Waals surface area contributed by atoms with E-state index in [9.17, 15) is 4.79 Å². The van der Waals surface area contributed by atoms with Crippen LogP contribution in [-0.4, -0.2) is 6.29 Å². The molecule has 0 aromatic carbocycles. The Morgan fingerprint density at radius 3 is 2.80 bits per heavy atom. The van der Waals surface area contributed by atoms with Gasteiger partial charge in [-0.1, -0.05) is 13.8 Å². The summed E-state index contributed by atoms with van der Waals surface area (Å²) < 4.78 is 0. The van der Waals surface area contributed by atoms with Crippen molar-refractivity contribution in [1.29, 1.82) is 0 Å². The minimum absolute atomic E-state index is 0.0719. The minimum atomic E-state index is 0.0719. The third-order valence-corrected chi connectivity index (χ3v) is 5.22. The second kappa shape index (κ2) is 2.80. The molecule has 2 aromatic rings. The highest BCUT2D eigenvalue weighted by atomic mass is 32.1. The molecule has 0 unspecified atom stereocenters. The Labute approximate surface area is 96.4 Å². The van der Waals surface area contributed by atoms with Gasteiger partial charge in [-0.2, -0.15) is 0 Å². The minimum Gasteiger partial charge on any atom is -0.297 e.